The van der Waals surface area contributed by atoms with Crippen molar-refractivity contribution in [3.8, 4) is 34.2 Å². The molecule has 0 radical (unpaired) electrons. The van der Waals surface area contributed by atoms with Gasteiger partial charge < -0.3 is 0 Å². The molecule has 0 saturated heterocycles. The number of benzene rings is 4. The zero-order valence-corrected chi connectivity index (χ0v) is 23.1. The van der Waals surface area contributed by atoms with E-state index in [2.05, 4.69) is 78.5 Å². The van der Waals surface area contributed by atoms with Gasteiger partial charge >= 0.3 is 0 Å². The van der Waals surface area contributed by atoms with E-state index in [-0.39, 0.29) is 5.92 Å². The van der Waals surface area contributed by atoms with Gasteiger partial charge in [-0.1, -0.05) is 109 Å². The van der Waals surface area contributed by atoms with Gasteiger partial charge in [-0.05, 0) is 57.7 Å². The van der Waals surface area contributed by atoms with Gasteiger partial charge in [-0.2, -0.15) is 0 Å². The summed E-state index contributed by atoms with van der Waals surface area (Å²) < 4.78 is 0. The van der Waals surface area contributed by atoms with E-state index in [9.17, 15) is 0 Å². The molecule has 0 saturated carbocycles. The van der Waals surface area contributed by atoms with Crippen LogP contribution >= 0.6 is 0 Å². The summed E-state index contributed by atoms with van der Waals surface area (Å²) in [6.45, 7) is 0. The number of hydrogen-bond donors (Lipinski definition) is 0. The van der Waals surface area contributed by atoms with E-state index in [1.807, 2.05) is 66.9 Å². The van der Waals surface area contributed by atoms with Crippen LogP contribution in [0.25, 0.3) is 34.2 Å². The first-order chi connectivity index (χ1) is 21.3. The molecule has 2 heterocycles. The van der Waals surface area contributed by atoms with Crippen LogP contribution in [0.15, 0.2) is 157 Å². The molecule has 4 nitrogen and oxygen atoms in total. The van der Waals surface area contributed by atoms with Gasteiger partial charge in [0.1, 0.15) is 0 Å². The fourth-order valence-electron chi connectivity index (χ4n) is 7.16. The largest absolute Gasteiger partial charge is 0.259 e. The maximum atomic E-state index is 5.21. The predicted molar refractivity (Wildman–Crippen MR) is 168 cm³/mol. The van der Waals surface area contributed by atoms with E-state index in [0.29, 0.717) is 17.5 Å². The van der Waals surface area contributed by atoms with Gasteiger partial charge in [0.15, 0.2) is 17.5 Å². The Bertz CT molecular complexity index is 2050. The Morgan fingerprint density at radius 1 is 0.512 bits per heavy atom. The second-order valence-corrected chi connectivity index (χ2v) is 11.2. The Morgan fingerprint density at radius 3 is 1.60 bits per heavy atom. The van der Waals surface area contributed by atoms with Crippen LogP contribution < -0.4 is 0 Å². The molecule has 6 aromatic rings. The fourth-order valence-corrected chi connectivity index (χ4v) is 7.16. The molecule has 200 valence electrons. The first kappa shape index (κ1) is 24.0. The van der Waals surface area contributed by atoms with Crippen molar-refractivity contribution in [2.45, 2.75) is 11.3 Å². The molecule has 4 aliphatic carbocycles. The van der Waals surface area contributed by atoms with Crippen molar-refractivity contribution in [3.63, 3.8) is 0 Å². The summed E-state index contributed by atoms with van der Waals surface area (Å²) in [5.41, 5.74) is 14.5. The molecule has 4 aromatic carbocycles. The molecule has 4 aliphatic rings. The maximum absolute atomic E-state index is 5.21. The zero-order chi connectivity index (χ0) is 28.4. The van der Waals surface area contributed by atoms with Crippen LogP contribution in [-0.4, -0.2) is 19.9 Å². The number of pyridine rings is 1. The van der Waals surface area contributed by atoms with Gasteiger partial charge in [0, 0.05) is 28.8 Å². The SMILES string of the molecule is C1=CC2=C(C=1)C1(c3ccc(-c4nc(-c5ccccc5)nc(-c5ccccc5)n4)cn3)c3ccccc3C2c2ccccc21. The monoisotopic (exact) mass is 548 g/mol. The molecular formula is C39H24N4. The van der Waals surface area contributed by atoms with Gasteiger partial charge in [0.05, 0.1) is 11.1 Å². The lowest BCUT2D eigenvalue weighted by atomic mass is 9.52. The number of aromatic nitrogens is 4. The van der Waals surface area contributed by atoms with Crippen LogP contribution in [0.4, 0.5) is 0 Å². The Hall–Kier alpha value is -5.70. The van der Waals surface area contributed by atoms with Crippen molar-refractivity contribution in [1.82, 2.24) is 19.9 Å². The minimum atomic E-state index is -0.515. The lowest BCUT2D eigenvalue weighted by molar-refractivity contribution is 0.618. The summed E-state index contributed by atoms with van der Waals surface area (Å²) >= 11 is 0. The molecule has 4 heteroatoms. The third kappa shape index (κ3) is 3.39. The molecular weight excluding hydrogens is 524 g/mol. The molecule has 10 rings (SSSR count). The third-order valence-electron chi connectivity index (χ3n) is 8.95. The Morgan fingerprint density at radius 2 is 1.05 bits per heavy atom. The average molecular weight is 549 g/mol. The number of hydrogen-bond acceptors (Lipinski definition) is 4. The van der Waals surface area contributed by atoms with Crippen molar-refractivity contribution in [1.29, 1.82) is 0 Å². The maximum Gasteiger partial charge on any atom is 0.165 e. The summed E-state index contributed by atoms with van der Waals surface area (Å²) in [6.07, 6.45) is 6.24. The average Bonchev–Trinajstić information content (AvgIpc) is 3.60. The van der Waals surface area contributed by atoms with Gasteiger partial charge in [-0.3, -0.25) is 4.98 Å². The highest BCUT2D eigenvalue weighted by Gasteiger charge is 2.54. The topological polar surface area (TPSA) is 51.6 Å². The van der Waals surface area contributed by atoms with E-state index >= 15 is 0 Å². The summed E-state index contributed by atoms with van der Waals surface area (Å²) in [5.74, 6) is 2.09. The lowest BCUT2D eigenvalue weighted by Gasteiger charge is -2.49. The smallest absolute Gasteiger partial charge is 0.165 e. The van der Waals surface area contributed by atoms with Crippen LogP contribution in [0.1, 0.15) is 33.9 Å². The molecule has 2 aromatic heterocycles. The number of allylic oxidation sites excluding steroid dienone is 3. The van der Waals surface area contributed by atoms with Crippen LogP contribution in [0.2, 0.25) is 0 Å². The van der Waals surface area contributed by atoms with Crippen LogP contribution in [-0.2, 0) is 5.41 Å². The molecule has 0 fully saturated rings. The molecule has 0 amide bonds. The highest BCUT2D eigenvalue weighted by atomic mass is 15.0. The second-order valence-electron chi connectivity index (χ2n) is 11.2. The van der Waals surface area contributed by atoms with Gasteiger partial charge in [0.25, 0.3) is 0 Å². The van der Waals surface area contributed by atoms with Crippen molar-refractivity contribution in [2.75, 3.05) is 0 Å². The highest BCUT2D eigenvalue weighted by molar-refractivity contribution is 5.78. The minimum Gasteiger partial charge on any atom is -0.259 e. The van der Waals surface area contributed by atoms with E-state index < -0.39 is 5.41 Å². The highest BCUT2D eigenvalue weighted by Crippen LogP contribution is 2.62. The van der Waals surface area contributed by atoms with Gasteiger partial charge in [0.2, 0.25) is 0 Å². The number of rotatable bonds is 4. The van der Waals surface area contributed by atoms with Crippen LogP contribution in [0, 0.1) is 0 Å². The van der Waals surface area contributed by atoms with Crippen molar-refractivity contribution < 1.29 is 0 Å². The third-order valence-corrected chi connectivity index (χ3v) is 8.95. The van der Waals surface area contributed by atoms with E-state index in [1.54, 1.807) is 0 Å². The quantitative estimate of drug-likeness (QED) is 0.209. The van der Waals surface area contributed by atoms with Gasteiger partial charge in [-0.25, -0.2) is 15.0 Å². The van der Waals surface area contributed by atoms with E-state index in [1.165, 1.54) is 33.4 Å². The molecule has 0 atom stereocenters. The summed E-state index contributed by atoms with van der Waals surface area (Å²) in [4.78, 5) is 19.9. The van der Waals surface area contributed by atoms with Crippen molar-refractivity contribution in [3.05, 3.63) is 185 Å². The Labute approximate surface area is 249 Å². The first-order valence-corrected chi connectivity index (χ1v) is 14.5. The molecule has 0 spiro atoms. The Kier molecular flexibility index (Phi) is 5.10. The van der Waals surface area contributed by atoms with Crippen molar-refractivity contribution >= 4 is 0 Å². The van der Waals surface area contributed by atoms with E-state index in [4.69, 9.17) is 19.9 Å². The van der Waals surface area contributed by atoms with Crippen LogP contribution in [0.5, 0.6) is 0 Å². The standard InChI is InChI=1S/C39H24N4/c1-3-12-25(13-4-1)36-41-37(26-14-5-2-6-15-26)43-38(42-36)27-22-23-34(40-24-27)39-31-19-9-7-16-28(31)35(30-18-11-21-33(30)39)29-17-8-10-20-32(29)39/h1-10,12-24,35H. The predicted octanol–water partition coefficient (Wildman–Crippen LogP) is 8.08. The number of nitrogens with zero attached hydrogens (tertiary/aromatic N) is 4. The summed E-state index contributed by atoms with van der Waals surface area (Å²) in [7, 11) is 0. The molecule has 43 heavy (non-hydrogen) atoms. The molecule has 0 unspecified atom stereocenters. The van der Waals surface area contributed by atoms with Gasteiger partial charge in [-0.15, -0.1) is 5.73 Å². The zero-order valence-electron chi connectivity index (χ0n) is 23.1. The molecule has 0 N–H and O–H groups in total. The first-order valence-electron chi connectivity index (χ1n) is 14.5. The van der Waals surface area contributed by atoms with Crippen LogP contribution in [0.3, 0.4) is 0 Å². The molecule has 2 bridgehead atoms. The molecule has 0 aliphatic heterocycles. The second kappa shape index (κ2) is 9.15. The van der Waals surface area contributed by atoms with Crippen molar-refractivity contribution in [2.24, 2.45) is 0 Å². The lowest BCUT2D eigenvalue weighted by Crippen LogP contribution is -2.43. The summed E-state index contributed by atoms with van der Waals surface area (Å²) in [5, 5.41) is 0. The minimum absolute atomic E-state index is 0.216. The fraction of sp³-hybridized carbons (Fsp3) is 0.0513. The normalized spacial score (nSPS) is 18.8. The Balaban J connectivity index is 1.23. The van der Waals surface area contributed by atoms with E-state index in [0.717, 1.165) is 22.4 Å². The summed E-state index contributed by atoms with van der Waals surface area (Å²) in [6, 6.07) is 42.0.